The van der Waals surface area contributed by atoms with E-state index >= 15 is 0 Å². The van der Waals surface area contributed by atoms with Crippen LogP contribution in [0.5, 0.6) is 0 Å². The van der Waals surface area contributed by atoms with Crippen LogP contribution in [-0.2, 0) is 6.42 Å². The van der Waals surface area contributed by atoms with Gasteiger partial charge >= 0.3 is 0 Å². The highest BCUT2D eigenvalue weighted by Crippen LogP contribution is 2.28. The van der Waals surface area contributed by atoms with Crippen LogP contribution in [0.4, 0.5) is 5.82 Å². The van der Waals surface area contributed by atoms with Gasteiger partial charge in [-0.2, -0.15) is 0 Å². The molecule has 2 unspecified atom stereocenters. The number of rotatable bonds is 3. The quantitative estimate of drug-likeness (QED) is 0.781. The summed E-state index contributed by atoms with van der Waals surface area (Å²) in [4.78, 5) is 14.5. The molecule has 1 aromatic rings. The Morgan fingerprint density at radius 2 is 2.14 bits per heavy atom. The summed E-state index contributed by atoms with van der Waals surface area (Å²) in [6, 6.07) is 3.31. The number of nitrogens with zero attached hydrogens (tertiary/aromatic N) is 4. The van der Waals surface area contributed by atoms with Crippen LogP contribution in [0.3, 0.4) is 0 Å². The van der Waals surface area contributed by atoms with Crippen LogP contribution in [0, 0.1) is 0 Å². The highest BCUT2D eigenvalue weighted by molar-refractivity contribution is 9.10. The van der Waals surface area contributed by atoms with Gasteiger partial charge in [-0.15, -0.1) is 0 Å². The lowest BCUT2D eigenvalue weighted by Gasteiger charge is -2.48. The standard InChI is InChI=1S/C16H25BrN4/c1-3-6-15-18-14(17)9-16(19-15)21-11-13-7-4-5-8-20(13)10-12(21)2/h9,12-13H,3-8,10-11H2,1-2H3. The normalized spacial score (nSPS) is 26.7. The van der Waals surface area contributed by atoms with Gasteiger partial charge in [0.1, 0.15) is 16.2 Å². The second kappa shape index (κ2) is 6.61. The Balaban J connectivity index is 1.82. The van der Waals surface area contributed by atoms with Crippen molar-refractivity contribution >= 4 is 21.7 Å². The molecule has 116 valence electrons. The predicted molar refractivity (Wildman–Crippen MR) is 89.7 cm³/mol. The Morgan fingerprint density at radius 3 is 2.95 bits per heavy atom. The van der Waals surface area contributed by atoms with Crippen molar-refractivity contribution in [1.82, 2.24) is 14.9 Å². The van der Waals surface area contributed by atoms with E-state index in [9.17, 15) is 0 Å². The first kappa shape index (κ1) is 15.2. The summed E-state index contributed by atoms with van der Waals surface area (Å²) in [6.45, 7) is 8.04. The Labute approximate surface area is 136 Å². The molecule has 3 heterocycles. The topological polar surface area (TPSA) is 32.3 Å². The van der Waals surface area contributed by atoms with Crippen molar-refractivity contribution in [2.75, 3.05) is 24.5 Å². The molecule has 2 aliphatic rings. The van der Waals surface area contributed by atoms with Crippen LogP contribution in [0.25, 0.3) is 0 Å². The molecule has 3 rings (SSSR count). The highest BCUT2D eigenvalue weighted by atomic mass is 79.9. The van der Waals surface area contributed by atoms with Crippen LogP contribution in [-0.4, -0.2) is 46.6 Å². The molecule has 0 amide bonds. The van der Waals surface area contributed by atoms with Crippen molar-refractivity contribution in [2.45, 2.75) is 58.0 Å². The third-order valence-corrected chi connectivity index (χ3v) is 5.09. The van der Waals surface area contributed by atoms with Crippen LogP contribution in [0.2, 0.25) is 0 Å². The lowest BCUT2D eigenvalue weighted by atomic mass is 9.97. The summed E-state index contributed by atoms with van der Waals surface area (Å²) in [7, 11) is 0. The van der Waals surface area contributed by atoms with E-state index < -0.39 is 0 Å². The molecule has 1 aromatic heterocycles. The molecule has 2 fully saturated rings. The van der Waals surface area contributed by atoms with E-state index in [4.69, 9.17) is 4.98 Å². The maximum atomic E-state index is 4.80. The second-order valence-electron chi connectivity index (χ2n) is 6.36. The summed E-state index contributed by atoms with van der Waals surface area (Å²) >= 11 is 3.55. The maximum absolute atomic E-state index is 4.80. The van der Waals surface area contributed by atoms with Crippen LogP contribution < -0.4 is 4.90 Å². The zero-order valence-electron chi connectivity index (χ0n) is 13.1. The van der Waals surface area contributed by atoms with Crippen molar-refractivity contribution in [2.24, 2.45) is 0 Å². The molecule has 4 nitrogen and oxygen atoms in total. The van der Waals surface area contributed by atoms with E-state index in [-0.39, 0.29) is 0 Å². The van der Waals surface area contributed by atoms with E-state index in [1.54, 1.807) is 0 Å². The average Bonchev–Trinajstić information content (AvgIpc) is 2.46. The van der Waals surface area contributed by atoms with Crippen LogP contribution in [0.1, 0.15) is 45.4 Å². The SMILES string of the molecule is CCCc1nc(Br)cc(N2CC3CCCCN3CC2C)n1. The number of fused-ring (bicyclic) bond motifs is 1. The zero-order chi connectivity index (χ0) is 14.8. The highest BCUT2D eigenvalue weighted by Gasteiger charge is 2.33. The summed E-state index contributed by atoms with van der Waals surface area (Å²) < 4.78 is 0.911. The van der Waals surface area contributed by atoms with E-state index in [0.717, 1.165) is 42.2 Å². The maximum Gasteiger partial charge on any atom is 0.133 e. The van der Waals surface area contributed by atoms with E-state index in [1.165, 1.54) is 25.8 Å². The van der Waals surface area contributed by atoms with E-state index in [1.807, 2.05) is 0 Å². The van der Waals surface area contributed by atoms with Gasteiger partial charge in [-0.25, -0.2) is 9.97 Å². The monoisotopic (exact) mass is 352 g/mol. The van der Waals surface area contributed by atoms with Crippen molar-refractivity contribution in [1.29, 1.82) is 0 Å². The van der Waals surface area contributed by atoms with Gasteiger partial charge in [0, 0.05) is 37.7 Å². The fraction of sp³-hybridized carbons (Fsp3) is 0.750. The van der Waals surface area contributed by atoms with Crippen LogP contribution >= 0.6 is 15.9 Å². The minimum absolute atomic E-state index is 0.524. The minimum atomic E-state index is 0.524. The number of hydrogen-bond donors (Lipinski definition) is 0. The number of aryl methyl sites for hydroxylation is 1. The number of anilines is 1. The molecular formula is C16H25BrN4. The first-order valence-corrected chi connectivity index (χ1v) is 9.01. The minimum Gasteiger partial charge on any atom is -0.351 e. The zero-order valence-corrected chi connectivity index (χ0v) is 14.6. The Kier molecular flexibility index (Phi) is 4.79. The van der Waals surface area contributed by atoms with Gasteiger partial charge in [-0.3, -0.25) is 4.90 Å². The van der Waals surface area contributed by atoms with Gasteiger partial charge in [-0.1, -0.05) is 13.3 Å². The summed E-state index contributed by atoms with van der Waals surface area (Å²) in [5.74, 6) is 2.05. The van der Waals surface area contributed by atoms with Gasteiger partial charge < -0.3 is 4.90 Å². The molecule has 0 aromatic carbocycles. The second-order valence-corrected chi connectivity index (χ2v) is 7.17. The number of aromatic nitrogens is 2. The van der Waals surface area contributed by atoms with E-state index in [2.05, 4.69) is 50.6 Å². The third-order valence-electron chi connectivity index (χ3n) is 4.68. The van der Waals surface area contributed by atoms with Gasteiger partial charge in [0.2, 0.25) is 0 Å². The van der Waals surface area contributed by atoms with Crippen LogP contribution in [0.15, 0.2) is 10.7 Å². The molecule has 2 saturated heterocycles. The molecule has 2 atom stereocenters. The third kappa shape index (κ3) is 3.39. The summed E-state index contributed by atoms with van der Waals surface area (Å²) in [5, 5.41) is 0. The Bertz CT molecular complexity index is 493. The van der Waals surface area contributed by atoms with Crippen molar-refractivity contribution < 1.29 is 0 Å². The largest absolute Gasteiger partial charge is 0.351 e. The number of piperazine rings is 1. The first-order valence-electron chi connectivity index (χ1n) is 8.21. The molecular weight excluding hydrogens is 328 g/mol. The molecule has 0 N–H and O–H groups in total. The van der Waals surface area contributed by atoms with Gasteiger partial charge in [0.05, 0.1) is 0 Å². The van der Waals surface area contributed by atoms with Crippen molar-refractivity contribution in [3.05, 3.63) is 16.5 Å². The summed E-state index contributed by atoms with van der Waals surface area (Å²) in [5.41, 5.74) is 0. The lowest BCUT2D eigenvalue weighted by molar-refractivity contribution is 0.115. The molecule has 0 spiro atoms. The smallest absolute Gasteiger partial charge is 0.133 e. The van der Waals surface area contributed by atoms with Gasteiger partial charge in [0.25, 0.3) is 0 Å². The van der Waals surface area contributed by atoms with Crippen molar-refractivity contribution in [3.63, 3.8) is 0 Å². The average molecular weight is 353 g/mol. The molecule has 0 radical (unpaired) electrons. The predicted octanol–water partition coefficient (Wildman–Crippen LogP) is 3.25. The number of piperidine rings is 1. The molecule has 0 saturated carbocycles. The molecule has 21 heavy (non-hydrogen) atoms. The van der Waals surface area contributed by atoms with Gasteiger partial charge in [-0.05, 0) is 48.7 Å². The first-order chi connectivity index (χ1) is 10.2. The molecule has 0 bridgehead atoms. The van der Waals surface area contributed by atoms with E-state index in [0.29, 0.717) is 12.1 Å². The molecule has 0 aliphatic carbocycles. The number of hydrogen-bond acceptors (Lipinski definition) is 4. The van der Waals surface area contributed by atoms with Gasteiger partial charge in [0.15, 0.2) is 0 Å². The fourth-order valence-electron chi connectivity index (χ4n) is 3.61. The fourth-order valence-corrected chi connectivity index (χ4v) is 4.01. The summed E-state index contributed by atoms with van der Waals surface area (Å²) in [6.07, 6.45) is 6.10. The molecule has 2 aliphatic heterocycles. The lowest BCUT2D eigenvalue weighted by Crippen LogP contribution is -2.59. The number of halogens is 1. The molecule has 5 heteroatoms. The Morgan fingerprint density at radius 1 is 1.29 bits per heavy atom. The Hall–Kier alpha value is -0.680. The van der Waals surface area contributed by atoms with Crippen molar-refractivity contribution in [3.8, 4) is 0 Å².